The number of hydrogen-bond donors (Lipinski definition) is 1. The van der Waals surface area contributed by atoms with Crippen LogP contribution in [0.25, 0.3) is 0 Å². The number of carbonyl (C=O) groups is 3. The molecule has 2 amide bonds. The molecule has 2 aliphatic rings. The fourth-order valence-electron chi connectivity index (χ4n) is 4.31. The number of ether oxygens (including phenoxy) is 1. The average Bonchev–Trinajstić information content (AvgIpc) is 3.09. The lowest BCUT2D eigenvalue weighted by molar-refractivity contribution is -0.152. The van der Waals surface area contributed by atoms with Gasteiger partial charge >= 0.3 is 5.97 Å². The number of halogens is 1. The Labute approximate surface area is 170 Å². The van der Waals surface area contributed by atoms with Crippen LogP contribution < -0.4 is 5.32 Å². The molecular weight excluding hydrogens is 375 g/mol. The van der Waals surface area contributed by atoms with E-state index in [1.54, 1.807) is 12.1 Å². The number of carbonyl (C=O) groups excluding carboxylic acids is 3. The molecule has 1 saturated heterocycles. The molecule has 1 aliphatic carbocycles. The summed E-state index contributed by atoms with van der Waals surface area (Å²) in [6.07, 6.45) is 3.40. The predicted molar refractivity (Wildman–Crippen MR) is 105 cm³/mol. The van der Waals surface area contributed by atoms with E-state index >= 15 is 0 Å². The highest BCUT2D eigenvalue weighted by Crippen LogP contribution is 2.35. The molecule has 1 heterocycles. The zero-order chi connectivity index (χ0) is 21.0. The van der Waals surface area contributed by atoms with Gasteiger partial charge in [-0.25, -0.2) is 4.39 Å². The summed E-state index contributed by atoms with van der Waals surface area (Å²) in [6.45, 7) is 4.61. The van der Waals surface area contributed by atoms with Crippen LogP contribution in [-0.4, -0.2) is 41.9 Å². The minimum absolute atomic E-state index is 0.00124. The highest BCUT2D eigenvalue weighted by atomic mass is 19.1. The Hall–Kier alpha value is -2.44. The van der Waals surface area contributed by atoms with Crippen molar-refractivity contribution >= 4 is 17.8 Å². The zero-order valence-electron chi connectivity index (χ0n) is 17.0. The summed E-state index contributed by atoms with van der Waals surface area (Å²) in [4.78, 5) is 38.6. The monoisotopic (exact) mass is 404 g/mol. The average molecular weight is 404 g/mol. The molecule has 1 aromatic rings. The van der Waals surface area contributed by atoms with E-state index in [4.69, 9.17) is 4.74 Å². The summed E-state index contributed by atoms with van der Waals surface area (Å²) in [7, 11) is 0. The molecule has 4 atom stereocenters. The molecule has 29 heavy (non-hydrogen) atoms. The summed E-state index contributed by atoms with van der Waals surface area (Å²) in [6, 6.07) is 5.97. The van der Waals surface area contributed by atoms with E-state index in [1.807, 2.05) is 4.90 Å². The summed E-state index contributed by atoms with van der Waals surface area (Å²) in [5, 5.41) is 2.63. The lowest BCUT2D eigenvalue weighted by Crippen LogP contribution is -2.45. The van der Waals surface area contributed by atoms with Crippen LogP contribution >= 0.6 is 0 Å². The van der Waals surface area contributed by atoms with Crippen molar-refractivity contribution in [3.63, 3.8) is 0 Å². The number of likely N-dealkylation sites (tertiary alicyclic amines) is 1. The fourth-order valence-corrected chi connectivity index (χ4v) is 4.31. The van der Waals surface area contributed by atoms with Crippen molar-refractivity contribution in [2.45, 2.75) is 52.1 Å². The van der Waals surface area contributed by atoms with E-state index in [1.165, 1.54) is 18.6 Å². The van der Waals surface area contributed by atoms with Crippen molar-refractivity contribution in [3.05, 3.63) is 35.6 Å². The maximum atomic E-state index is 12.9. The van der Waals surface area contributed by atoms with Gasteiger partial charge in [-0.1, -0.05) is 38.8 Å². The van der Waals surface area contributed by atoms with Crippen LogP contribution in [0, 0.1) is 23.6 Å². The van der Waals surface area contributed by atoms with Gasteiger partial charge in [0.1, 0.15) is 5.82 Å². The van der Waals surface area contributed by atoms with Gasteiger partial charge in [-0.15, -0.1) is 0 Å². The van der Waals surface area contributed by atoms with Crippen molar-refractivity contribution in [3.8, 4) is 0 Å². The Morgan fingerprint density at radius 1 is 1.21 bits per heavy atom. The second-order valence-electron chi connectivity index (χ2n) is 8.29. The molecule has 0 aromatic heterocycles. The number of nitrogens with zero attached hydrogens (tertiary/aromatic N) is 1. The smallest absolute Gasteiger partial charge is 0.311 e. The molecule has 0 spiro atoms. The SMILES string of the molecule is C[C@@H]1[C@H](C)CCC[C@H]1N1C[C@H](C(=O)OCC(=O)NCc2ccc(F)cc2)CC1=O. The van der Waals surface area contributed by atoms with E-state index in [0.717, 1.165) is 18.4 Å². The fraction of sp³-hybridized carbons (Fsp3) is 0.591. The van der Waals surface area contributed by atoms with Crippen LogP contribution in [0.3, 0.4) is 0 Å². The second kappa shape index (κ2) is 9.37. The first kappa shape index (κ1) is 21.3. The normalized spacial score (nSPS) is 27.0. The molecule has 158 valence electrons. The molecule has 6 nitrogen and oxygen atoms in total. The number of nitrogens with one attached hydrogen (secondary N) is 1. The van der Waals surface area contributed by atoms with Gasteiger partial charge in [0.25, 0.3) is 5.91 Å². The molecule has 0 unspecified atom stereocenters. The maximum absolute atomic E-state index is 12.9. The highest BCUT2D eigenvalue weighted by molar-refractivity contribution is 5.88. The third kappa shape index (κ3) is 5.34. The molecule has 0 bridgehead atoms. The van der Waals surface area contributed by atoms with Crippen LogP contribution in [0.5, 0.6) is 0 Å². The van der Waals surface area contributed by atoms with Crippen molar-refractivity contribution in [1.82, 2.24) is 10.2 Å². The Morgan fingerprint density at radius 2 is 1.93 bits per heavy atom. The van der Waals surface area contributed by atoms with Gasteiger partial charge in [0.2, 0.25) is 5.91 Å². The molecule has 0 radical (unpaired) electrons. The lowest BCUT2D eigenvalue weighted by atomic mass is 9.77. The van der Waals surface area contributed by atoms with Crippen LogP contribution in [0.1, 0.15) is 45.1 Å². The van der Waals surface area contributed by atoms with Gasteiger partial charge in [0, 0.05) is 25.6 Å². The van der Waals surface area contributed by atoms with Crippen LogP contribution in [0.15, 0.2) is 24.3 Å². The highest BCUT2D eigenvalue weighted by Gasteiger charge is 2.42. The third-order valence-corrected chi connectivity index (χ3v) is 6.30. The third-order valence-electron chi connectivity index (χ3n) is 6.30. The van der Waals surface area contributed by atoms with E-state index in [9.17, 15) is 18.8 Å². The van der Waals surface area contributed by atoms with Gasteiger partial charge in [0.05, 0.1) is 5.92 Å². The quantitative estimate of drug-likeness (QED) is 0.740. The molecule has 1 N–H and O–H groups in total. The van der Waals surface area contributed by atoms with Gasteiger partial charge < -0.3 is 15.0 Å². The molecule has 1 aliphatic heterocycles. The first-order valence-corrected chi connectivity index (χ1v) is 10.3. The Bertz CT molecular complexity index is 752. The van der Waals surface area contributed by atoms with E-state index in [2.05, 4.69) is 19.2 Å². The van der Waals surface area contributed by atoms with Crippen molar-refractivity contribution in [1.29, 1.82) is 0 Å². The maximum Gasteiger partial charge on any atom is 0.311 e. The zero-order valence-corrected chi connectivity index (χ0v) is 17.0. The topological polar surface area (TPSA) is 75.7 Å². The minimum atomic E-state index is -0.517. The molecule has 1 saturated carbocycles. The minimum Gasteiger partial charge on any atom is -0.455 e. The summed E-state index contributed by atoms with van der Waals surface area (Å²) in [5.74, 6) is -0.813. The van der Waals surface area contributed by atoms with Crippen molar-refractivity contribution in [2.75, 3.05) is 13.2 Å². The van der Waals surface area contributed by atoms with Gasteiger partial charge in [-0.2, -0.15) is 0 Å². The molecule has 2 fully saturated rings. The first-order chi connectivity index (χ1) is 13.8. The van der Waals surface area contributed by atoms with Crippen LogP contribution in [0.4, 0.5) is 4.39 Å². The molecule has 7 heteroatoms. The molecular formula is C22H29FN2O4. The second-order valence-corrected chi connectivity index (χ2v) is 8.29. The van der Waals surface area contributed by atoms with Crippen molar-refractivity contribution < 1.29 is 23.5 Å². The largest absolute Gasteiger partial charge is 0.455 e. The Balaban J connectivity index is 1.44. The predicted octanol–water partition coefficient (Wildman–Crippen LogP) is 2.66. The first-order valence-electron chi connectivity index (χ1n) is 10.3. The van der Waals surface area contributed by atoms with Gasteiger partial charge in [-0.05, 0) is 36.0 Å². The Kier molecular flexibility index (Phi) is 6.87. The number of rotatable bonds is 6. The van der Waals surface area contributed by atoms with Crippen molar-refractivity contribution in [2.24, 2.45) is 17.8 Å². The van der Waals surface area contributed by atoms with Gasteiger partial charge in [-0.3, -0.25) is 14.4 Å². The standard InChI is InChI=1S/C22H29FN2O4/c1-14-4-3-5-19(15(14)2)25-12-17(10-21(25)27)22(28)29-13-20(26)24-11-16-6-8-18(23)9-7-16/h6-9,14-15,17,19H,3-5,10-13H2,1-2H3,(H,24,26)/t14-,15-,17-,19-/m1/s1. The summed E-state index contributed by atoms with van der Waals surface area (Å²) >= 11 is 0. The lowest BCUT2D eigenvalue weighted by Gasteiger charge is -2.39. The number of esters is 1. The van der Waals surface area contributed by atoms with E-state index in [-0.39, 0.29) is 37.3 Å². The van der Waals surface area contributed by atoms with E-state index < -0.39 is 17.8 Å². The molecule has 1 aromatic carbocycles. The summed E-state index contributed by atoms with van der Waals surface area (Å²) in [5.41, 5.74) is 0.749. The Morgan fingerprint density at radius 3 is 2.66 bits per heavy atom. The number of hydrogen-bond acceptors (Lipinski definition) is 4. The number of benzene rings is 1. The summed E-state index contributed by atoms with van der Waals surface area (Å²) < 4.78 is 18.0. The molecule has 3 rings (SSSR count). The van der Waals surface area contributed by atoms with Crippen LogP contribution in [-0.2, 0) is 25.7 Å². The van der Waals surface area contributed by atoms with E-state index in [0.29, 0.717) is 18.4 Å². The van der Waals surface area contributed by atoms with Crippen LogP contribution in [0.2, 0.25) is 0 Å². The number of amides is 2. The van der Waals surface area contributed by atoms with Gasteiger partial charge in [0.15, 0.2) is 6.61 Å².